The van der Waals surface area contributed by atoms with Crippen molar-refractivity contribution in [2.45, 2.75) is 6.92 Å². The van der Waals surface area contributed by atoms with E-state index in [1.807, 2.05) is 67.6 Å². The van der Waals surface area contributed by atoms with E-state index in [2.05, 4.69) is 5.32 Å². The van der Waals surface area contributed by atoms with E-state index >= 15 is 0 Å². The minimum atomic E-state index is 0.0408. The summed E-state index contributed by atoms with van der Waals surface area (Å²) < 4.78 is 0. The maximum Gasteiger partial charge on any atom is 0.190 e. The van der Waals surface area contributed by atoms with Gasteiger partial charge in [0.05, 0.1) is 0 Å². The quantitative estimate of drug-likeness (QED) is 0.645. The number of benzene rings is 2. The van der Waals surface area contributed by atoms with Crippen molar-refractivity contribution < 1.29 is 4.79 Å². The number of carbonyl (C=O) groups excluding carboxylic acids is 1. The van der Waals surface area contributed by atoms with Crippen LogP contribution in [0.1, 0.15) is 17.3 Å². The third-order valence-electron chi connectivity index (χ3n) is 2.62. The fraction of sp³-hybridized carbons (Fsp3) is 0.0625. The molecular formula is C16H15NO. The minimum absolute atomic E-state index is 0.0408. The first-order chi connectivity index (χ1) is 8.77. The Morgan fingerprint density at radius 3 is 2.11 bits per heavy atom. The van der Waals surface area contributed by atoms with E-state index in [9.17, 15) is 4.79 Å². The highest BCUT2D eigenvalue weighted by molar-refractivity contribution is 6.08. The Kier molecular flexibility index (Phi) is 3.92. The summed E-state index contributed by atoms with van der Waals surface area (Å²) in [4.78, 5) is 12.1. The molecule has 0 aliphatic heterocycles. The Morgan fingerprint density at radius 2 is 1.50 bits per heavy atom. The fourth-order valence-electron chi connectivity index (χ4n) is 1.61. The Bertz CT molecular complexity index is 544. The van der Waals surface area contributed by atoms with Crippen LogP contribution in [0, 0.1) is 0 Å². The minimum Gasteiger partial charge on any atom is -0.361 e. The standard InChI is InChI=1S/C16H15NO/c1-13(12-17-15-10-6-3-7-11-15)16(18)14-8-4-2-5-9-14/h2-12,17H,1H3. The lowest BCUT2D eigenvalue weighted by Gasteiger charge is -2.03. The third-order valence-corrected chi connectivity index (χ3v) is 2.62. The molecule has 0 aliphatic carbocycles. The summed E-state index contributed by atoms with van der Waals surface area (Å²) in [6.45, 7) is 1.81. The molecule has 0 spiro atoms. The molecule has 0 aromatic heterocycles. The number of nitrogens with one attached hydrogen (secondary N) is 1. The highest BCUT2D eigenvalue weighted by Gasteiger charge is 2.06. The number of ketones is 1. The molecule has 90 valence electrons. The molecule has 2 nitrogen and oxygen atoms in total. The van der Waals surface area contributed by atoms with Gasteiger partial charge >= 0.3 is 0 Å². The molecule has 0 heterocycles. The van der Waals surface area contributed by atoms with Crippen LogP contribution in [0.2, 0.25) is 0 Å². The van der Waals surface area contributed by atoms with Crippen molar-refractivity contribution in [2.75, 3.05) is 5.32 Å². The van der Waals surface area contributed by atoms with Gasteiger partial charge in [-0.2, -0.15) is 0 Å². The van der Waals surface area contributed by atoms with Crippen molar-refractivity contribution >= 4 is 11.5 Å². The van der Waals surface area contributed by atoms with Gasteiger partial charge in [0, 0.05) is 23.0 Å². The highest BCUT2D eigenvalue weighted by atomic mass is 16.1. The van der Waals surface area contributed by atoms with Crippen LogP contribution in [0.25, 0.3) is 0 Å². The summed E-state index contributed by atoms with van der Waals surface area (Å²) >= 11 is 0. The molecule has 1 N–H and O–H groups in total. The molecule has 2 heteroatoms. The van der Waals surface area contributed by atoms with Gasteiger partial charge in [0.1, 0.15) is 0 Å². The van der Waals surface area contributed by atoms with E-state index < -0.39 is 0 Å². The molecule has 0 atom stereocenters. The second kappa shape index (κ2) is 5.82. The maximum atomic E-state index is 12.1. The van der Waals surface area contributed by atoms with Gasteiger partial charge in [-0.05, 0) is 19.1 Å². The number of allylic oxidation sites excluding steroid dienone is 1. The second-order valence-electron chi connectivity index (χ2n) is 4.03. The van der Waals surface area contributed by atoms with Crippen LogP contribution in [0.15, 0.2) is 72.4 Å². The van der Waals surface area contributed by atoms with Crippen molar-refractivity contribution in [1.82, 2.24) is 0 Å². The van der Waals surface area contributed by atoms with Crippen LogP contribution in [0.5, 0.6) is 0 Å². The van der Waals surface area contributed by atoms with Gasteiger partial charge < -0.3 is 5.32 Å². The van der Waals surface area contributed by atoms with Gasteiger partial charge in [-0.15, -0.1) is 0 Å². The summed E-state index contributed by atoms with van der Waals surface area (Å²) in [6, 6.07) is 19.0. The SMILES string of the molecule is CC(=CNc1ccccc1)C(=O)c1ccccc1. The third kappa shape index (κ3) is 3.08. The van der Waals surface area contributed by atoms with Gasteiger partial charge in [-0.25, -0.2) is 0 Å². The van der Waals surface area contributed by atoms with Crippen LogP contribution < -0.4 is 5.32 Å². The summed E-state index contributed by atoms with van der Waals surface area (Å²) in [7, 11) is 0. The van der Waals surface area contributed by atoms with Crippen LogP contribution >= 0.6 is 0 Å². The van der Waals surface area contributed by atoms with Crippen molar-refractivity contribution in [3.63, 3.8) is 0 Å². The van der Waals surface area contributed by atoms with E-state index in [1.165, 1.54) is 0 Å². The van der Waals surface area contributed by atoms with Gasteiger partial charge in [0.25, 0.3) is 0 Å². The van der Waals surface area contributed by atoms with Gasteiger partial charge in [0.15, 0.2) is 5.78 Å². The Balaban J connectivity index is 2.08. The molecule has 0 radical (unpaired) electrons. The number of carbonyl (C=O) groups is 1. The molecule has 2 aromatic rings. The van der Waals surface area contributed by atoms with Crippen molar-refractivity contribution in [3.05, 3.63) is 78.0 Å². The van der Waals surface area contributed by atoms with Crippen LogP contribution in [-0.4, -0.2) is 5.78 Å². The van der Waals surface area contributed by atoms with Gasteiger partial charge in [-0.1, -0.05) is 48.5 Å². The molecule has 0 fully saturated rings. The smallest absolute Gasteiger partial charge is 0.190 e. The van der Waals surface area contributed by atoms with Gasteiger partial charge in [-0.3, -0.25) is 4.79 Å². The van der Waals surface area contributed by atoms with E-state index in [-0.39, 0.29) is 5.78 Å². The average Bonchev–Trinajstić information content (AvgIpc) is 2.46. The van der Waals surface area contributed by atoms with Crippen LogP contribution in [-0.2, 0) is 0 Å². The van der Waals surface area contributed by atoms with Crippen LogP contribution in [0.3, 0.4) is 0 Å². The van der Waals surface area contributed by atoms with E-state index in [1.54, 1.807) is 6.20 Å². The molecule has 18 heavy (non-hydrogen) atoms. The summed E-state index contributed by atoms with van der Waals surface area (Å²) in [5.74, 6) is 0.0408. The first-order valence-corrected chi connectivity index (χ1v) is 5.85. The topological polar surface area (TPSA) is 29.1 Å². The zero-order valence-corrected chi connectivity index (χ0v) is 10.3. The molecule has 0 amide bonds. The molecule has 0 saturated carbocycles. The summed E-state index contributed by atoms with van der Waals surface area (Å²) in [5, 5.41) is 3.11. The zero-order valence-electron chi connectivity index (χ0n) is 10.3. The second-order valence-corrected chi connectivity index (χ2v) is 4.03. The normalized spacial score (nSPS) is 11.1. The largest absolute Gasteiger partial charge is 0.361 e. The Hall–Kier alpha value is -2.35. The lowest BCUT2D eigenvalue weighted by Crippen LogP contribution is -2.02. The first kappa shape index (κ1) is 12.1. The number of Topliss-reactive ketones (excluding diaryl/α,β-unsaturated/α-hetero) is 1. The lowest BCUT2D eigenvalue weighted by atomic mass is 10.1. The van der Waals surface area contributed by atoms with E-state index in [4.69, 9.17) is 0 Å². The van der Waals surface area contributed by atoms with Crippen LogP contribution in [0.4, 0.5) is 5.69 Å². The monoisotopic (exact) mass is 237 g/mol. The first-order valence-electron chi connectivity index (χ1n) is 5.85. The molecule has 2 rings (SSSR count). The number of hydrogen-bond donors (Lipinski definition) is 1. The zero-order chi connectivity index (χ0) is 12.8. The Morgan fingerprint density at radius 1 is 0.944 bits per heavy atom. The highest BCUT2D eigenvalue weighted by Crippen LogP contribution is 2.10. The number of hydrogen-bond acceptors (Lipinski definition) is 2. The lowest BCUT2D eigenvalue weighted by molar-refractivity contribution is 0.103. The number of para-hydroxylation sites is 1. The predicted octanol–water partition coefficient (Wildman–Crippen LogP) is 3.89. The van der Waals surface area contributed by atoms with Crippen molar-refractivity contribution in [2.24, 2.45) is 0 Å². The molecule has 0 aliphatic rings. The van der Waals surface area contributed by atoms with Gasteiger partial charge in [0.2, 0.25) is 0 Å². The fourth-order valence-corrected chi connectivity index (χ4v) is 1.61. The number of rotatable bonds is 4. The van der Waals surface area contributed by atoms with E-state index in [0.717, 1.165) is 5.69 Å². The molecule has 0 saturated heterocycles. The number of anilines is 1. The molecule has 0 unspecified atom stereocenters. The predicted molar refractivity (Wildman–Crippen MR) is 74.6 cm³/mol. The Labute approximate surface area is 107 Å². The van der Waals surface area contributed by atoms with E-state index in [0.29, 0.717) is 11.1 Å². The molecule has 2 aromatic carbocycles. The summed E-state index contributed by atoms with van der Waals surface area (Å²) in [5.41, 5.74) is 2.36. The van der Waals surface area contributed by atoms with Crippen molar-refractivity contribution in [3.8, 4) is 0 Å². The molecule has 0 bridgehead atoms. The van der Waals surface area contributed by atoms with Crippen molar-refractivity contribution in [1.29, 1.82) is 0 Å². The summed E-state index contributed by atoms with van der Waals surface area (Å²) in [6.07, 6.45) is 1.74. The average molecular weight is 237 g/mol. The maximum absolute atomic E-state index is 12.1. The molecular weight excluding hydrogens is 222 g/mol.